The molecule has 0 spiro atoms. The molecule has 0 aliphatic rings. The van der Waals surface area contributed by atoms with Crippen LogP contribution in [-0.2, 0) is 11.3 Å². The van der Waals surface area contributed by atoms with Gasteiger partial charge in [-0.3, -0.25) is 41.0 Å². The Balaban J connectivity index is 0.000000131. The summed E-state index contributed by atoms with van der Waals surface area (Å²) in [4.78, 5) is 112. The van der Waals surface area contributed by atoms with Gasteiger partial charge in [-0.15, -0.1) is 11.3 Å². The second-order valence-electron chi connectivity index (χ2n) is 24.7. The van der Waals surface area contributed by atoms with Crippen LogP contribution in [0.5, 0.6) is 5.88 Å². The van der Waals surface area contributed by atoms with Gasteiger partial charge in [0.2, 0.25) is 29.7 Å². The maximum absolute atomic E-state index is 12.5. The van der Waals surface area contributed by atoms with E-state index < -0.39 is 6.09 Å². The van der Waals surface area contributed by atoms with Crippen LogP contribution in [0.25, 0.3) is 123 Å². The number of anilines is 4. The lowest BCUT2D eigenvalue weighted by Gasteiger charge is -2.11. The van der Waals surface area contributed by atoms with E-state index in [-0.39, 0.29) is 30.3 Å². The fourth-order valence-electron chi connectivity index (χ4n) is 12.2. The third-order valence-corrected chi connectivity index (χ3v) is 17.9. The summed E-state index contributed by atoms with van der Waals surface area (Å²) >= 11 is 1.59. The number of thiazole rings is 1. The summed E-state index contributed by atoms with van der Waals surface area (Å²) in [6.07, 6.45) is 17.1. The maximum atomic E-state index is 12.5. The quantitative estimate of drug-likeness (QED) is 0.0380. The number of fused-ring (bicyclic) bond motifs is 4. The Bertz CT molecular complexity index is 6040. The number of hydrogen-bond acceptors (Lipinski definition) is 19. The van der Waals surface area contributed by atoms with E-state index in [4.69, 9.17) is 9.47 Å². The minimum Gasteiger partial charge on any atom is -0.481 e. The van der Waals surface area contributed by atoms with E-state index in [1.807, 2.05) is 175 Å². The van der Waals surface area contributed by atoms with E-state index in [1.165, 1.54) is 0 Å². The predicted molar refractivity (Wildman–Crippen MR) is 433 cm³/mol. The normalized spacial score (nSPS) is 10.9. The molecule has 4 aromatic carbocycles. The topological polar surface area (TPSA) is 408 Å². The van der Waals surface area contributed by atoms with Crippen molar-refractivity contribution in [3.8, 4) is 84.3 Å². The number of nitrogens with one attached hydrogen (secondary N) is 11. The maximum Gasteiger partial charge on any atom is 0.413 e. The highest BCUT2D eigenvalue weighted by molar-refractivity contribution is 7.09. The van der Waals surface area contributed by atoms with Gasteiger partial charge in [-0.2, -0.15) is 10.2 Å². The number of aromatic amines is 4. The van der Waals surface area contributed by atoms with E-state index in [2.05, 4.69) is 118 Å². The van der Waals surface area contributed by atoms with E-state index in [0.717, 1.165) is 117 Å². The zero-order valence-corrected chi connectivity index (χ0v) is 62.9. The highest BCUT2D eigenvalue weighted by Gasteiger charge is 2.21. The Labute approximate surface area is 643 Å². The monoisotopic (exact) mass is 1520 g/mol. The van der Waals surface area contributed by atoms with E-state index in [0.29, 0.717) is 72.4 Å². The molecular weight excluding hydrogens is 1440 g/mol. The van der Waals surface area contributed by atoms with Crippen molar-refractivity contribution in [2.24, 2.45) is 0 Å². The molecule has 16 rings (SSSR count). The molecule has 11 N–H and O–H groups in total. The molecule has 12 aromatic heterocycles. The van der Waals surface area contributed by atoms with Crippen LogP contribution in [0.3, 0.4) is 0 Å². The van der Waals surface area contributed by atoms with Gasteiger partial charge in [0.15, 0.2) is 0 Å². The third-order valence-electron chi connectivity index (χ3n) is 17.1. The van der Waals surface area contributed by atoms with Crippen molar-refractivity contribution in [1.29, 1.82) is 0 Å². The summed E-state index contributed by atoms with van der Waals surface area (Å²) < 4.78 is 15.3. The molecule has 12 heterocycles. The first-order chi connectivity index (χ1) is 54.5. The summed E-state index contributed by atoms with van der Waals surface area (Å²) in [6.45, 7) is 15.6. The molecule has 0 aliphatic heterocycles. The lowest BCUT2D eigenvalue weighted by molar-refractivity contribution is 0.167. The Kier molecular flexibility index (Phi) is 23.5. The molecule has 0 bridgehead atoms. The van der Waals surface area contributed by atoms with Crippen LogP contribution in [0, 0.1) is 13.8 Å². The van der Waals surface area contributed by atoms with Crippen LogP contribution in [0.2, 0.25) is 0 Å². The zero-order valence-electron chi connectivity index (χ0n) is 62.0. The molecule has 112 heavy (non-hydrogen) atoms. The minimum atomic E-state index is -0.556. The summed E-state index contributed by atoms with van der Waals surface area (Å²) in [5, 5.41) is 30.4. The first-order valence-corrected chi connectivity index (χ1v) is 36.5. The summed E-state index contributed by atoms with van der Waals surface area (Å²) in [7, 11) is 1.58. The number of ether oxygens (including phenoxy) is 2. The van der Waals surface area contributed by atoms with Gasteiger partial charge in [0, 0.05) is 139 Å². The number of carbonyl (C=O) groups excluding carboxylic acids is 4. The molecule has 0 atom stereocenters. The van der Waals surface area contributed by atoms with Crippen LogP contribution < -0.4 is 47.5 Å². The van der Waals surface area contributed by atoms with E-state index in [1.54, 1.807) is 94.8 Å². The largest absolute Gasteiger partial charge is 0.481 e. The number of aryl methyl sites for hydroxylation is 2. The van der Waals surface area contributed by atoms with Gasteiger partial charge < -0.3 is 49.9 Å². The van der Waals surface area contributed by atoms with Crippen molar-refractivity contribution in [2.75, 3.05) is 54.6 Å². The number of carbonyl (C=O) groups is 4. The predicted octanol–water partition coefficient (Wildman–Crippen LogP) is 14.5. The molecule has 32 nitrogen and oxygen atoms in total. The molecule has 33 heteroatoms. The molecule has 0 saturated heterocycles. The molecule has 7 amide bonds. The van der Waals surface area contributed by atoms with Crippen LogP contribution in [0.15, 0.2) is 200 Å². The Morgan fingerprint density at radius 1 is 0.455 bits per heavy atom. The number of aromatic nitrogens is 18. The Hall–Kier alpha value is -14.8. The average Bonchev–Trinajstić information content (AvgIpc) is 1.54. The number of hydrogen-bond donors (Lipinski definition) is 11. The minimum absolute atomic E-state index is 0.0450. The van der Waals surface area contributed by atoms with Crippen molar-refractivity contribution in [3.05, 3.63) is 216 Å². The fraction of sp³-hybridized carbons (Fsp3) is 0.165. The SMILES string of the molecule is CCNC(=O)Nc1nc2c(-c3cccc(OC)n3)cc(-c3cccnc3)cc2[nH]1.CCNC(=O)Nc1nc2c(-c3csc(C)n3)cc(-c3cccnc3)cc2[nH]1.CCNC(=O)Nc1nc2c(-n3cccn3)cc(-c3cc(C)n(CC)c(=O)c3)cc2[nH]1.CCOC(=O)Nc1nc2c(-n3cccn3)cc(-c3cccnc3)cc2[nH]1. The summed E-state index contributed by atoms with van der Waals surface area (Å²) in [5.74, 6) is 1.92. The number of benzene rings is 4. The lowest BCUT2D eigenvalue weighted by atomic mass is 10.0. The third kappa shape index (κ3) is 17.8. The molecule has 0 saturated carbocycles. The Morgan fingerprint density at radius 2 is 0.893 bits per heavy atom. The highest BCUT2D eigenvalue weighted by atomic mass is 32.1. The molecule has 0 unspecified atom stereocenters. The smallest absolute Gasteiger partial charge is 0.413 e. The summed E-state index contributed by atoms with van der Waals surface area (Å²) in [6, 6.07) is 39.4. The number of nitrogens with zero attached hydrogens (tertiary/aromatic N) is 14. The van der Waals surface area contributed by atoms with Crippen molar-refractivity contribution in [1.82, 2.24) is 105 Å². The second kappa shape index (κ2) is 34.9. The van der Waals surface area contributed by atoms with Crippen molar-refractivity contribution in [2.45, 2.75) is 55.0 Å². The zero-order chi connectivity index (χ0) is 78.2. The first-order valence-electron chi connectivity index (χ1n) is 35.7. The number of amides is 7. The van der Waals surface area contributed by atoms with E-state index >= 15 is 0 Å². The van der Waals surface area contributed by atoms with Gasteiger partial charge in [0.25, 0.3) is 5.56 Å². The number of pyridine rings is 5. The Morgan fingerprint density at radius 3 is 1.29 bits per heavy atom. The summed E-state index contributed by atoms with van der Waals surface area (Å²) in [5.41, 5.74) is 19.1. The molecule has 0 radical (unpaired) electrons. The molecule has 0 aliphatic carbocycles. The standard InChI is InChI=1S/C21H23N7O2.C21H20N6O2.C19H18N6OS.C18H16N6O2/c1-4-22-21(30)26-20-24-16-10-15(14-9-13(3)27(5-2)18(29)12-14)11-17(19(16)25-20)28-8-6-7-23-28;1-3-23-21(28)27-20-25-17-11-14(13-6-5-9-22-12-13)10-15(19(17)26-20)16-7-4-8-18(24-16)29-2;1-3-21-19(26)25-18-23-15-8-13(12-5-4-6-20-9-12)7-14(17(15)24-18)16-10-27-11(2)22-16;1-2-26-18(25)23-17-21-14-9-13(12-5-3-6-19-11-12)10-15(16(14)22-17)24-8-4-7-20-24/h6-12H,4-5H2,1-3H3,(H3,22,24,25,26,30);4-12H,3H2,1-2H3,(H3,23,25,26,27,28);4-10H,3H2,1-2H3,(H3,21,23,24,25,26);3-11H,2H2,1H3,(H2,21,22,23,25). The molecule has 566 valence electrons. The molecule has 0 fully saturated rings. The number of imidazole rings is 4. The number of urea groups is 3. The average molecular weight is 1520 g/mol. The van der Waals surface area contributed by atoms with Gasteiger partial charge in [0.05, 0.1) is 74.6 Å². The first kappa shape index (κ1) is 75.5. The lowest BCUT2D eigenvalue weighted by Crippen LogP contribution is -2.28. The van der Waals surface area contributed by atoms with Crippen molar-refractivity contribution in [3.63, 3.8) is 0 Å². The second-order valence-corrected chi connectivity index (χ2v) is 25.7. The van der Waals surface area contributed by atoms with Crippen LogP contribution in [0.4, 0.5) is 43.0 Å². The highest BCUT2D eigenvalue weighted by Crippen LogP contribution is 2.37. The number of methoxy groups -OCH3 is 1. The van der Waals surface area contributed by atoms with Crippen molar-refractivity contribution >= 4 is 103 Å². The van der Waals surface area contributed by atoms with Gasteiger partial charge in [-0.05, 0) is 167 Å². The van der Waals surface area contributed by atoms with Crippen LogP contribution in [-0.4, -0.2) is 146 Å². The van der Waals surface area contributed by atoms with Crippen LogP contribution >= 0.6 is 11.3 Å². The fourth-order valence-corrected chi connectivity index (χ4v) is 12.8. The van der Waals surface area contributed by atoms with E-state index in [9.17, 15) is 24.0 Å². The number of rotatable bonds is 18. The molecule has 16 aromatic rings. The van der Waals surface area contributed by atoms with Crippen LogP contribution in [0.1, 0.15) is 45.3 Å². The number of H-pyrrole nitrogens is 4. The van der Waals surface area contributed by atoms with Gasteiger partial charge >= 0.3 is 24.2 Å². The van der Waals surface area contributed by atoms with Gasteiger partial charge in [-0.1, -0.05) is 24.3 Å². The van der Waals surface area contributed by atoms with Gasteiger partial charge in [0.1, 0.15) is 11.0 Å². The van der Waals surface area contributed by atoms with Gasteiger partial charge in [-0.25, -0.2) is 58.4 Å². The van der Waals surface area contributed by atoms with Crippen molar-refractivity contribution < 1.29 is 28.7 Å². The molecular formula is C79H77N25O7S.